The molecule has 1 N–H and O–H groups in total. The fourth-order valence-electron chi connectivity index (χ4n) is 4.49. The van der Waals surface area contributed by atoms with Gasteiger partial charge in [-0.2, -0.15) is 0 Å². The average Bonchev–Trinajstić information content (AvgIpc) is 3.37. The molecule has 1 aliphatic rings. The fourth-order valence-corrected chi connectivity index (χ4v) is 4.49. The number of hydrogen-bond donors (Lipinski definition) is 1. The number of amides is 1. The van der Waals surface area contributed by atoms with Crippen molar-refractivity contribution in [3.05, 3.63) is 101 Å². The van der Waals surface area contributed by atoms with E-state index in [9.17, 15) is 9.59 Å². The van der Waals surface area contributed by atoms with Crippen LogP contribution in [0.1, 0.15) is 5.56 Å². The summed E-state index contributed by atoms with van der Waals surface area (Å²) in [6, 6.07) is 20.7. The monoisotopic (exact) mass is 475 g/mol. The van der Waals surface area contributed by atoms with Gasteiger partial charge in [0.2, 0.25) is 12.7 Å². The van der Waals surface area contributed by atoms with Crippen molar-refractivity contribution in [3.8, 4) is 28.3 Å². The van der Waals surface area contributed by atoms with Gasteiger partial charge in [0.1, 0.15) is 0 Å². The second-order valence-corrected chi connectivity index (χ2v) is 8.56. The van der Waals surface area contributed by atoms with Crippen LogP contribution in [0.2, 0.25) is 0 Å². The molecule has 0 aliphatic carbocycles. The zero-order valence-electron chi connectivity index (χ0n) is 19.4. The summed E-state index contributed by atoms with van der Waals surface area (Å²) in [6.07, 6.45) is 2.98. The first kappa shape index (κ1) is 21.6. The van der Waals surface area contributed by atoms with Crippen LogP contribution in [-0.4, -0.2) is 22.3 Å². The van der Waals surface area contributed by atoms with Crippen molar-refractivity contribution in [1.82, 2.24) is 9.55 Å². The Bertz CT molecular complexity index is 1770. The summed E-state index contributed by atoms with van der Waals surface area (Å²) in [4.78, 5) is 29.8. The van der Waals surface area contributed by atoms with E-state index in [1.165, 1.54) is 12.1 Å². The maximum atomic E-state index is 13.2. The number of hydrogen-bond acceptors (Lipinski definition) is 5. The minimum atomic E-state index is -0.316. The summed E-state index contributed by atoms with van der Waals surface area (Å²) in [7, 11) is 0. The number of carbonyl (C=O) groups is 1. The van der Waals surface area contributed by atoms with Gasteiger partial charge in [-0.15, -0.1) is 0 Å². The Balaban J connectivity index is 1.59. The lowest BCUT2D eigenvalue weighted by molar-refractivity contribution is -0.111. The van der Waals surface area contributed by atoms with Crippen molar-refractivity contribution in [3.63, 3.8) is 0 Å². The molecular weight excluding hydrogens is 454 g/mol. The van der Waals surface area contributed by atoms with Crippen LogP contribution >= 0.6 is 0 Å². The molecule has 0 atom stereocenters. The molecule has 5 aromatic rings. The lowest BCUT2D eigenvalue weighted by atomic mass is 10.0. The number of benzene rings is 3. The highest BCUT2D eigenvalue weighted by Crippen LogP contribution is 2.37. The number of ether oxygens (including phenoxy) is 2. The molecule has 3 aromatic carbocycles. The summed E-state index contributed by atoms with van der Waals surface area (Å²) in [5.74, 6) is 1.11. The first-order valence-electron chi connectivity index (χ1n) is 11.4. The summed E-state index contributed by atoms with van der Waals surface area (Å²) in [6.45, 7) is 5.63. The zero-order valence-corrected chi connectivity index (χ0v) is 19.4. The molecule has 6 rings (SSSR count). The molecular formula is C29H21N3O4. The molecule has 0 saturated carbocycles. The van der Waals surface area contributed by atoms with Gasteiger partial charge >= 0.3 is 0 Å². The molecule has 36 heavy (non-hydrogen) atoms. The van der Waals surface area contributed by atoms with Crippen molar-refractivity contribution in [1.29, 1.82) is 0 Å². The molecule has 3 heterocycles. The Hall–Kier alpha value is -4.91. The van der Waals surface area contributed by atoms with E-state index in [1.807, 2.05) is 55.5 Å². The predicted molar refractivity (Wildman–Crippen MR) is 140 cm³/mol. The number of aryl methyl sites for hydroxylation is 1. The van der Waals surface area contributed by atoms with Gasteiger partial charge < -0.3 is 14.8 Å². The normalized spacial score (nSPS) is 12.1. The minimum absolute atomic E-state index is 0.187. The number of rotatable bonds is 4. The Morgan fingerprint density at radius 1 is 1.00 bits per heavy atom. The molecule has 7 nitrogen and oxygen atoms in total. The van der Waals surface area contributed by atoms with E-state index in [-0.39, 0.29) is 18.3 Å². The SMILES string of the molecule is C=CC(=O)Nc1cc(-n2c(=O)ccc3cnc4ccc(-c5ccc6c(c5)OCO6)cc4c32)ccc1C. The molecule has 0 unspecified atom stereocenters. The van der Waals surface area contributed by atoms with Gasteiger partial charge in [-0.1, -0.05) is 24.8 Å². The van der Waals surface area contributed by atoms with E-state index in [1.54, 1.807) is 22.9 Å². The molecule has 0 radical (unpaired) electrons. The first-order valence-corrected chi connectivity index (χ1v) is 11.4. The molecule has 176 valence electrons. The maximum absolute atomic E-state index is 13.2. The van der Waals surface area contributed by atoms with Gasteiger partial charge in [0.25, 0.3) is 5.56 Å². The second-order valence-electron chi connectivity index (χ2n) is 8.56. The van der Waals surface area contributed by atoms with E-state index in [0.717, 1.165) is 44.2 Å². The zero-order chi connectivity index (χ0) is 24.8. The van der Waals surface area contributed by atoms with Crippen molar-refractivity contribution >= 4 is 33.4 Å². The Kier molecular flexibility index (Phi) is 5.04. The number of aromatic nitrogens is 2. The molecule has 1 amide bonds. The van der Waals surface area contributed by atoms with Crippen molar-refractivity contribution in [2.24, 2.45) is 0 Å². The molecule has 1 aliphatic heterocycles. The van der Waals surface area contributed by atoms with E-state index in [0.29, 0.717) is 17.1 Å². The van der Waals surface area contributed by atoms with Gasteiger partial charge in [0, 0.05) is 28.7 Å². The number of fused-ring (bicyclic) bond motifs is 4. The number of carbonyl (C=O) groups excluding carboxylic acids is 1. The van der Waals surface area contributed by atoms with E-state index in [4.69, 9.17) is 9.47 Å². The summed E-state index contributed by atoms with van der Waals surface area (Å²) in [5, 5.41) is 4.47. The van der Waals surface area contributed by atoms with Gasteiger partial charge in [-0.25, -0.2) is 0 Å². The first-order chi connectivity index (χ1) is 17.5. The van der Waals surface area contributed by atoms with Crippen LogP contribution in [0.3, 0.4) is 0 Å². The van der Waals surface area contributed by atoms with Crippen LogP contribution in [-0.2, 0) is 4.79 Å². The van der Waals surface area contributed by atoms with Crippen LogP contribution in [0, 0.1) is 6.92 Å². The third kappa shape index (κ3) is 3.58. The Morgan fingerprint density at radius 2 is 1.81 bits per heavy atom. The molecule has 7 heteroatoms. The molecule has 0 saturated heterocycles. The van der Waals surface area contributed by atoms with Crippen LogP contribution in [0.5, 0.6) is 11.5 Å². The predicted octanol–water partition coefficient (Wildman–Crippen LogP) is 5.37. The van der Waals surface area contributed by atoms with Crippen LogP contribution in [0.15, 0.2) is 90.4 Å². The lowest BCUT2D eigenvalue weighted by Gasteiger charge is -2.15. The molecule has 0 spiro atoms. The average molecular weight is 476 g/mol. The highest BCUT2D eigenvalue weighted by Gasteiger charge is 2.16. The second kappa shape index (κ2) is 8.39. The molecule has 2 aromatic heterocycles. The van der Waals surface area contributed by atoms with E-state index in [2.05, 4.69) is 16.9 Å². The van der Waals surface area contributed by atoms with Gasteiger partial charge in [0.05, 0.1) is 16.7 Å². The van der Waals surface area contributed by atoms with Gasteiger partial charge in [0.15, 0.2) is 11.5 Å². The lowest BCUT2D eigenvalue weighted by Crippen LogP contribution is -2.18. The molecule has 0 fully saturated rings. The van der Waals surface area contributed by atoms with Gasteiger partial charge in [-0.3, -0.25) is 19.1 Å². The standard InChI is InChI=1S/C29H21N3O4/c1-3-27(33)31-24-14-21(8-4-17(24)2)32-28(34)11-7-20-15-30-23-9-5-18(12-22(23)29(20)32)19-6-10-25-26(13-19)36-16-35-25/h3-15H,1,16H2,2H3,(H,31,33). The fraction of sp³-hybridized carbons (Fsp3) is 0.0690. The van der Waals surface area contributed by atoms with Crippen molar-refractivity contribution in [2.45, 2.75) is 6.92 Å². The van der Waals surface area contributed by atoms with Gasteiger partial charge in [-0.05, 0) is 72.2 Å². The quantitative estimate of drug-likeness (QED) is 0.279. The Labute approximate surface area is 206 Å². The van der Waals surface area contributed by atoms with Crippen molar-refractivity contribution in [2.75, 3.05) is 12.1 Å². The molecule has 0 bridgehead atoms. The number of nitrogens with one attached hydrogen (secondary N) is 1. The third-order valence-corrected chi connectivity index (χ3v) is 6.35. The number of nitrogens with zero attached hydrogens (tertiary/aromatic N) is 2. The number of pyridine rings is 2. The summed E-state index contributed by atoms with van der Waals surface area (Å²) >= 11 is 0. The summed E-state index contributed by atoms with van der Waals surface area (Å²) < 4.78 is 12.7. The van der Waals surface area contributed by atoms with Crippen LogP contribution < -0.4 is 20.3 Å². The summed E-state index contributed by atoms with van der Waals surface area (Å²) in [5.41, 5.74) is 5.36. The highest BCUT2D eigenvalue weighted by atomic mass is 16.7. The third-order valence-electron chi connectivity index (χ3n) is 6.35. The van der Waals surface area contributed by atoms with E-state index >= 15 is 0 Å². The topological polar surface area (TPSA) is 82.5 Å². The van der Waals surface area contributed by atoms with Crippen molar-refractivity contribution < 1.29 is 14.3 Å². The smallest absolute Gasteiger partial charge is 0.255 e. The highest BCUT2D eigenvalue weighted by molar-refractivity contribution is 6.05. The maximum Gasteiger partial charge on any atom is 0.255 e. The number of anilines is 1. The van der Waals surface area contributed by atoms with Crippen LogP contribution in [0.25, 0.3) is 38.6 Å². The van der Waals surface area contributed by atoms with E-state index < -0.39 is 0 Å². The Morgan fingerprint density at radius 3 is 2.67 bits per heavy atom. The largest absolute Gasteiger partial charge is 0.454 e. The minimum Gasteiger partial charge on any atom is -0.454 e. The van der Waals surface area contributed by atoms with Crippen LogP contribution in [0.4, 0.5) is 5.69 Å².